The van der Waals surface area contributed by atoms with Gasteiger partial charge in [-0.2, -0.15) is 0 Å². The summed E-state index contributed by atoms with van der Waals surface area (Å²) < 4.78 is 0. The van der Waals surface area contributed by atoms with Crippen LogP contribution in [-0.2, 0) is 0 Å². The number of hydrogen-bond acceptors (Lipinski definition) is 4. The minimum absolute atomic E-state index is 0.107. The molecular formula is C30H26N2O2. The van der Waals surface area contributed by atoms with Gasteiger partial charge < -0.3 is 9.80 Å². The molecule has 0 fully saturated rings. The minimum Gasteiger partial charge on any atom is -0.342 e. The lowest BCUT2D eigenvalue weighted by molar-refractivity contribution is 0.0979. The SMILES string of the molecule is CCN(c1ccccc1)c1ccc2c(c1)C(=O)c1ccc(N(CC)c3ccccc3)cc1C2=O. The normalized spacial score (nSPS) is 12.2. The maximum Gasteiger partial charge on any atom is 0.194 e. The Kier molecular flexibility index (Phi) is 5.72. The molecule has 4 heteroatoms. The summed E-state index contributed by atoms with van der Waals surface area (Å²) in [5.41, 5.74) is 5.75. The predicted molar refractivity (Wildman–Crippen MR) is 138 cm³/mol. The van der Waals surface area contributed by atoms with E-state index in [-0.39, 0.29) is 11.6 Å². The molecule has 0 aromatic heterocycles. The van der Waals surface area contributed by atoms with Crippen molar-refractivity contribution in [3.63, 3.8) is 0 Å². The van der Waals surface area contributed by atoms with E-state index in [4.69, 9.17) is 0 Å². The Bertz CT molecular complexity index is 1260. The number of rotatable bonds is 6. The highest BCUT2D eigenvalue weighted by Crippen LogP contribution is 2.35. The topological polar surface area (TPSA) is 40.6 Å². The van der Waals surface area contributed by atoms with Crippen molar-refractivity contribution in [2.75, 3.05) is 22.9 Å². The van der Waals surface area contributed by atoms with Gasteiger partial charge in [-0.25, -0.2) is 0 Å². The summed E-state index contributed by atoms with van der Waals surface area (Å²) in [5, 5.41) is 0. The highest BCUT2D eigenvalue weighted by molar-refractivity contribution is 6.29. The summed E-state index contributed by atoms with van der Waals surface area (Å²) in [7, 11) is 0. The van der Waals surface area contributed by atoms with E-state index >= 15 is 0 Å². The van der Waals surface area contributed by atoms with Crippen LogP contribution >= 0.6 is 0 Å². The smallest absolute Gasteiger partial charge is 0.194 e. The Morgan fingerprint density at radius 1 is 0.471 bits per heavy atom. The van der Waals surface area contributed by atoms with E-state index in [1.54, 1.807) is 12.1 Å². The lowest BCUT2D eigenvalue weighted by atomic mass is 9.83. The second-order valence-corrected chi connectivity index (χ2v) is 8.28. The summed E-state index contributed by atoms with van der Waals surface area (Å²) in [6, 6.07) is 31.2. The van der Waals surface area contributed by atoms with Crippen LogP contribution in [0.2, 0.25) is 0 Å². The van der Waals surface area contributed by atoms with E-state index in [1.807, 2.05) is 84.9 Å². The molecule has 1 aliphatic carbocycles. The van der Waals surface area contributed by atoms with E-state index in [1.165, 1.54) is 0 Å². The van der Waals surface area contributed by atoms with Crippen LogP contribution in [0.15, 0.2) is 97.1 Å². The molecule has 0 radical (unpaired) electrons. The molecule has 4 aromatic rings. The number of para-hydroxylation sites is 2. The fourth-order valence-electron chi connectivity index (χ4n) is 4.71. The molecule has 1 aliphatic rings. The second kappa shape index (κ2) is 8.99. The highest BCUT2D eigenvalue weighted by atomic mass is 16.1. The Balaban J connectivity index is 1.54. The molecule has 5 rings (SSSR count). The van der Waals surface area contributed by atoms with Crippen molar-refractivity contribution in [3.05, 3.63) is 119 Å². The lowest BCUT2D eigenvalue weighted by Gasteiger charge is -2.27. The molecule has 0 unspecified atom stereocenters. The van der Waals surface area contributed by atoms with Crippen LogP contribution in [0.4, 0.5) is 22.7 Å². The van der Waals surface area contributed by atoms with Gasteiger partial charge in [0.2, 0.25) is 0 Å². The Morgan fingerprint density at radius 3 is 1.21 bits per heavy atom. The van der Waals surface area contributed by atoms with Crippen LogP contribution in [0.25, 0.3) is 0 Å². The summed E-state index contributed by atoms with van der Waals surface area (Å²) in [5.74, 6) is -0.213. The third-order valence-corrected chi connectivity index (χ3v) is 6.38. The maximum atomic E-state index is 13.5. The van der Waals surface area contributed by atoms with Gasteiger partial charge in [0.15, 0.2) is 11.6 Å². The third kappa shape index (κ3) is 3.67. The molecule has 0 bridgehead atoms. The van der Waals surface area contributed by atoms with Crippen molar-refractivity contribution < 1.29 is 9.59 Å². The third-order valence-electron chi connectivity index (χ3n) is 6.38. The zero-order valence-electron chi connectivity index (χ0n) is 19.4. The molecule has 0 atom stereocenters. The molecule has 0 aliphatic heterocycles. The average Bonchev–Trinajstić information content (AvgIpc) is 2.89. The van der Waals surface area contributed by atoms with Crippen molar-refractivity contribution in [2.24, 2.45) is 0 Å². The van der Waals surface area contributed by atoms with Crippen molar-refractivity contribution in [2.45, 2.75) is 13.8 Å². The number of nitrogens with zero attached hydrogens (tertiary/aromatic N) is 2. The largest absolute Gasteiger partial charge is 0.342 e. The molecule has 34 heavy (non-hydrogen) atoms. The minimum atomic E-state index is -0.107. The number of fused-ring (bicyclic) bond motifs is 2. The van der Waals surface area contributed by atoms with Crippen LogP contribution in [0, 0.1) is 0 Å². The number of carbonyl (C=O) groups is 2. The van der Waals surface area contributed by atoms with Gasteiger partial charge in [0.05, 0.1) is 0 Å². The predicted octanol–water partition coefficient (Wildman–Crippen LogP) is 6.78. The molecule has 0 spiro atoms. The standard InChI is InChI=1S/C30H26N2O2/c1-3-31(21-11-7-5-8-12-21)23-15-17-25-27(19-23)29(33)26-18-16-24(20-28(26)30(25)34)32(4-2)22-13-9-6-10-14-22/h5-20H,3-4H2,1-2H3. The van der Waals surface area contributed by atoms with Gasteiger partial charge >= 0.3 is 0 Å². The van der Waals surface area contributed by atoms with Gasteiger partial charge in [-0.3, -0.25) is 9.59 Å². The number of benzene rings is 4. The monoisotopic (exact) mass is 446 g/mol. The first-order valence-electron chi connectivity index (χ1n) is 11.6. The fraction of sp³-hybridized carbons (Fsp3) is 0.133. The van der Waals surface area contributed by atoms with Gasteiger partial charge in [-0.05, 0) is 74.5 Å². The van der Waals surface area contributed by atoms with Gasteiger partial charge in [-0.1, -0.05) is 36.4 Å². The van der Waals surface area contributed by atoms with Gasteiger partial charge in [0.25, 0.3) is 0 Å². The maximum absolute atomic E-state index is 13.5. The van der Waals surface area contributed by atoms with Gasteiger partial charge in [0, 0.05) is 58.1 Å². The van der Waals surface area contributed by atoms with E-state index < -0.39 is 0 Å². The zero-order chi connectivity index (χ0) is 23.7. The molecule has 4 nitrogen and oxygen atoms in total. The molecule has 0 saturated heterocycles. The molecular weight excluding hydrogens is 420 g/mol. The van der Waals surface area contributed by atoms with Crippen LogP contribution in [0.1, 0.15) is 45.7 Å². The van der Waals surface area contributed by atoms with E-state index in [0.29, 0.717) is 22.3 Å². The van der Waals surface area contributed by atoms with Gasteiger partial charge in [-0.15, -0.1) is 0 Å². The van der Waals surface area contributed by atoms with Crippen LogP contribution in [0.5, 0.6) is 0 Å². The second-order valence-electron chi connectivity index (χ2n) is 8.28. The van der Waals surface area contributed by atoms with E-state index in [0.717, 1.165) is 35.8 Å². The Hall–Kier alpha value is -4.18. The molecule has 0 amide bonds. The Labute approximate surface area is 200 Å². The summed E-state index contributed by atoms with van der Waals surface area (Å²) in [6.07, 6.45) is 0. The molecule has 4 aromatic carbocycles. The van der Waals surface area contributed by atoms with Crippen molar-refractivity contribution in [1.29, 1.82) is 0 Å². The van der Waals surface area contributed by atoms with E-state index in [2.05, 4.69) is 23.6 Å². The van der Waals surface area contributed by atoms with Gasteiger partial charge in [0.1, 0.15) is 0 Å². The van der Waals surface area contributed by atoms with Crippen molar-refractivity contribution >= 4 is 34.3 Å². The summed E-state index contributed by atoms with van der Waals surface area (Å²) >= 11 is 0. The van der Waals surface area contributed by atoms with Crippen molar-refractivity contribution in [1.82, 2.24) is 0 Å². The molecule has 0 heterocycles. The number of carbonyl (C=O) groups excluding carboxylic acids is 2. The van der Waals surface area contributed by atoms with Crippen LogP contribution in [-0.4, -0.2) is 24.7 Å². The Morgan fingerprint density at radius 2 is 0.853 bits per heavy atom. The highest BCUT2D eigenvalue weighted by Gasteiger charge is 2.31. The quantitative estimate of drug-likeness (QED) is 0.288. The number of ketones is 2. The number of hydrogen-bond donors (Lipinski definition) is 0. The first kappa shape index (κ1) is 21.7. The molecule has 168 valence electrons. The fourth-order valence-corrected chi connectivity index (χ4v) is 4.71. The van der Waals surface area contributed by atoms with Crippen LogP contribution in [0.3, 0.4) is 0 Å². The lowest BCUT2D eigenvalue weighted by Crippen LogP contribution is -2.24. The van der Waals surface area contributed by atoms with Crippen molar-refractivity contribution in [3.8, 4) is 0 Å². The summed E-state index contributed by atoms with van der Waals surface area (Å²) in [4.78, 5) is 31.2. The first-order chi connectivity index (χ1) is 16.6. The summed E-state index contributed by atoms with van der Waals surface area (Å²) in [6.45, 7) is 5.64. The molecule has 0 saturated carbocycles. The first-order valence-corrected chi connectivity index (χ1v) is 11.6. The zero-order valence-corrected chi connectivity index (χ0v) is 19.4. The van der Waals surface area contributed by atoms with E-state index in [9.17, 15) is 9.59 Å². The number of anilines is 4. The van der Waals surface area contributed by atoms with Crippen LogP contribution < -0.4 is 9.80 Å². The molecule has 0 N–H and O–H groups in total. The average molecular weight is 447 g/mol.